The van der Waals surface area contributed by atoms with Gasteiger partial charge in [0.05, 0.1) is 24.6 Å². The van der Waals surface area contributed by atoms with Crippen LogP contribution in [-0.2, 0) is 9.59 Å². The number of carbonyl (C=O) groups is 2. The van der Waals surface area contributed by atoms with Crippen LogP contribution >= 0.6 is 0 Å². The number of para-hydroxylation sites is 2. The molecule has 0 aliphatic heterocycles. The number of methoxy groups -OCH3 is 1. The van der Waals surface area contributed by atoms with E-state index in [-0.39, 0.29) is 5.91 Å². The van der Waals surface area contributed by atoms with E-state index in [4.69, 9.17) is 4.74 Å². The highest BCUT2D eigenvalue weighted by atomic mass is 16.5. The van der Waals surface area contributed by atoms with E-state index in [1.54, 1.807) is 26.3 Å². The lowest BCUT2D eigenvalue weighted by atomic mass is 9.78. The van der Waals surface area contributed by atoms with E-state index in [1.807, 2.05) is 12.1 Å². The van der Waals surface area contributed by atoms with Crippen molar-refractivity contribution in [1.82, 2.24) is 0 Å². The Balaban J connectivity index is 2.23. The van der Waals surface area contributed by atoms with Gasteiger partial charge in [-0.1, -0.05) is 25.0 Å². The summed E-state index contributed by atoms with van der Waals surface area (Å²) in [7, 11) is 3.23. The molecule has 1 aromatic carbocycles. The standard InChI is InChI=1S/C16H21NO4/c1-17(13-9-5-6-10-14(13)21-2)15(18)11-7-3-4-8-12(11)16(19)20/h5-6,9-12H,3-4,7-8H2,1-2H3,(H,19,20). The van der Waals surface area contributed by atoms with Gasteiger partial charge in [0.2, 0.25) is 5.91 Å². The first-order chi connectivity index (χ1) is 10.1. The maximum absolute atomic E-state index is 12.7. The van der Waals surface area contributed by atoms with Gasteiger partial charge in [-0.15, -0.1) is 0 Å². The van der Waals surface area contributed by atoms with Crippen LogP contribution in [0.25, 0.3) is 0 Å². The van der Waals surface area contributed by atoms with Crippen molar-refractivity contribution in [3.63, 3.8) is 0 Å². The van der Waals surface area contributed by atoms with E-state index >= 15 is 0 Å². The molecule has 0 saturated heterocycles. The molecular formula is C16H21NO4. The van der Waals surface area contributed by atoms with Crippen molar-refractivity contribution in [2.45, 2.75) is 25.7 Å². The summed E-state index contributed by atoms with van der Waals surface area (Å²) in [5.41, 5.74) is 0.666. The smallest absolute Gasteiger partial charge is 0.307 e. The molecule has 1 aliphatic carbocycles. The van der Waals surface area contributed by atoms with Crippen LogP contribution in [-0.4, -0.2) is 31.1 Å². The maximum atomic E-state index is 12.7. The highest BCUT2D eigenvalue weighted by Gasteiger charge is 2.37. The lowest BCUT2D eigenvalue weighted by molar-refractivity contribution is -0.148. The Morgan fingerprint density at radius 3 is 2.43 bits per heavy atom. The molecule has 1 aliphatic rings. The van der Waals surface area contributed by atoms with Crippen molar-refractivity contribution in [1.29, 1.82) is 0 Å². The third kappa shape index (κ3) is 3.17. The molecule has 2 atom stereocenters. The number of ether oxygens (including phenoxy) is 1. The summed E-state index contributed by atoms with van der Waals surface area (Å²) >= 11 is 0. The third-order valence-corrected chi connectivity index (χ3v) is 4.18. The summed E-state index contributed by atoms with van der Waals surface area (Å²) < 4.78 is 5.27. The average Bonchev–Trinajstić information content (AvgIpc) is 2.53. The molecule has 5 nitrogen and oxygen atoms in total. The van der Waals surface area contributed by atoms with E-state index in [2.05, 4.69) is 0 Å². The lowest BCUT2D eigenvalue weighted by Gasteiger charge is -2.31. The number of rotatable bonds is 4. The van der Waals surface area contributed by atoms with Gasteiger partial charge in [0, 0.05) is 7.05 Å². The predicted molar refractivity (Wildman–Crippen MR) is 79.5 cm³/mol. The fraction of sp³-hybridized carbons (Fsp3) is 0.500. The molecule has 1 fully saturated rings. The van der Waals surface area contributed by atoms with Crippen LogP contribution in [0.3, 0.4) is 0 Å². The summed E-state index contributed by atoms with van der Waals surface area (Å²) in [6.07, 6.45) is 2.99. The molecule has 1 amide bonds. The Labute approximate surface area is 124 Å². The quantitative estimate of drug-likeness (QED) is 0.925. The molecule has 0 heterocycles. The van der Waals surface area contributed by atoms with Crippen LogP contribution in [0.1, 0.15) is 25.7 Å². The summed E-state index contributed by atoms with van der Waals surface area (Å²) in [5, 5.41) is 9.32. The Morgan fingerprint density at radius 2 is 1.81 bits per heavy atom. The number of carboxylic acid groups (broad SMARTS) is 1. The Hall–Kier alpha value is -2.04. The zero-order valence-corrected chi connectivity index (χ0v) is 12.4. The Morgan fingerprint density at radius 1 is 1.19 bits per heavy atom. The van der Waals surface area contributed by atoms with Gasteiger partial charge in [-0.3, -0.25) is 9.59 Å². The average molecular weight is 291 g/mol. The number of amides is 1. The first-order valence-electron chi connectivity index (χ1n) is 7.19. The van der Waals surface area contributed by atoms with E-state index in [0.29, 0.717) is 24.3 Å². The van der Waals surface area contributed by atoms with Gasteiger partial charge >= 0.3 is 5.97 Å². The largest absolute Gasteiger partial charge is 0.495 e. The Kier molecular flexibility index (Phi) is 4.83. The fourth-order valence-corrected chi connectivity index (χ4v) is 3.00. The number of carbonyl (C=O) groups excluding carboxylic acids is 1. The lowest BCUT2D eigenvalue weighted by Crippen LogP contribution is -2.41. The molecule has 114 valence electrons. The van der Waals surface area contributed by atoms with Crippen LogP contribution in [0.5, 0.6) is 5.75 Å². The third-order valence-electron chi connectivity index (χ3n) is 4.18. The van der Waals surface area contributed by atoms with Crippen molar-refractivity contribution in [2.75, 3.05) is 19.1 Å². The minimum atomic E-state index is -0.874. The molecule has 1 N–H and O–H groups in total. The van der Waals surface area contributed by atoms with Gasteiger partial charge < -0.3 is 14.7 Å². The van der Waals surface area contributed by atoms with Gasteiger partial charge in [-0.25, -0.2) is 0 Å². The van der Waals surface area contributed by atoms with Crippen LogP contribution in [0.4, 0.5) is 5.69 Å². The molecule has 0 radical (unpaired) electrons. The Bertz CT molecular complexity index is 529. The van der Waals surface area contributed by atoms with Crippen LogP contribution < -0.4 is 9.64 Å². The number of hydrogen-bond donors (Lipinski definition) is 1. The van der Waals surface area contributed by atoms with Crippen molar-refractivity contribution in [2.24, 2.45) is 11.8 Å². The van der Waals surface area contributed by atoms with Crippen molar-refractivity contribution in [3.05, 3.63) is 24.3 Å². The number of hydrogen-bond acceptors (Lipinski definition) is 3. The zero-order valence-electron chi connectivity index (χ0n) is 12.4. The second-order valence-corrected chi connectivity index (χ2v) is 5.40. The molecule has 0 aromatic heterocycles. The molecule has 2 unspecified atom stereocenters. The molecule has 21 heavy (non-hydrogen) atoms. The van der Waals surface area contributed by atoms with Crippen molar-refractivity contribution >= 4 is 17.6 Å². The number of benzene rings is 1. The fourth-order valence-electron chi connectivity index (χ4n) is 3.00. The molecule has 1 aromatic rings. The molecule has 5 heteroatoms. The molecule has 2 rings (SSSR count). The number of aliphatic carboxylic acids is 1. The summed E-state index contributed by atoms with van der Waals surface area (Å²) in [4.78, 5) is 25.6. The first kappa shape index (κ1) is 15.4. The minimum Gasteiger partial charge on any atom is -0.495 e. The van der Waals surface area contributed by atoms with Gasteiger partial charge in [0.25, 0.3) is 0 Å². The van der Waals surface area contributed by atoms with Gasteiger partial charge in [0.1, 0.15) is 5.75 Å². The number of carboxylic acids is 1. The monoisotopic (exact) mass is 291 g/mol. The summed E-state index contributed by atoms with van der Waals surface area (Å²) in [6.45, 7) is 0. The van der Waals surface area contributed by atoms with Crippen LogP contribution in [0.2, 0.25) is 0 Å². The molecular weight excluding hydrogens is 270 g/mol. The second-order valence-electron chi connectivity index (χ2n) is 5.40. The van der Waals surface area contributed by atoms with Crippen molar-refractivity contribution < 1.29 is 19.4 Å². The number of anilines is 1. The highest BCUT2D eigenvalue weighted by Crippen LogP contribution is 2.34. The predicted octanol–water partition coefficient (Wildman–Crippen LogP) is 2.55. The van der Waals surface area contributed by atoms with E-state index in [9.17, 15) is 14.7 Å². The van der Waals surface area contributed by atoms with E-state index in [0.717, 1.165) is 12.8 Å². The van der Waals surface area contributed by atoms with Gasteiger partial charge in [-0.2, -0.15) is 0 Å². The van der Waals surface area contributed by atoms with E-state index in [1.165, 1.54) is 4.90 Å². The van der Waals surface area contributed by atoms with Crippen LogP contribution in [0.15, 0.2) is 24.3 Å². The zero-order chi connectivity index (χ0) is 15.4. The summed E-state index contributed by atoms with van der Waals surface area (Å²) in [5.74, 6) is -1.45. The van der Waals surface area contributed by atoms with Gasteiger partial charge in [-0.05, 0) is 25.0 Å². The second kappa shape index (κ2) is 6.61. The summed E-state index contributed by atoms with van der Waals surface area (Å²) in [6, 6.07) is 7.25. The topological polar surface area (TPSA) is 66.8 Å². The first-order valence-corrected chi connectivity index (χ1v) is 7.19. The SMILES string of the molecule is COc1ccccc1N(C)C(=O)C1CCCCC1C(=O)O. The van der Waals surface area contributed by atoms with E-state index < -0.39 is 17.8 Å². The minimum absolute atomic E-state index is 0.147. The molecule has 0 bridgehead atoms. The van der Waals surface area contributed by atoms with Crippen molar-refractivity contribution in [3.8, 4) is 5.75 Å². The molecule has 0 spiro atoms. The van der Waals surface area contributed by atoms with Crippen LogP contribution in [0, 0.1) is 11.8 Å². The number of nitrogens with zero attached hydrogens (tertiary/aromatic N) is 1. The highest BCUT2D eigenvalue weighted by molar-refractivity contribution is 5.98. The molecule has 1 saturated carbocycles. The maximum Gasteiger partial charge on any atom is 0.307 e. The van der Waals surface area contributed by atoms with Gasteiger partial charge in [0.15, 0.2) is 0 Å². The normalized spacial score (nSPS) is 21.6.